The summed E-state index contributed by atoms with van der Waals surface area (Å²) in [6.45, 7) is 8.13. The van der Waals surface area contributed by atoms with Gasteiger partial charge in [-0.25, -0.2) is 4.79 Å². The minimum atomic E-state index is -0.421. The molecule has 0 aliphatic rings. The highest BCUT2D eigenvalue weighted by atomic mass is 16.5. The van der Waals surface area contributed by atoms with Crippen LogP contribution in [0.4, 0.5) is 17.1 Å². The molecule has 0 atom stereocenters. The largest absolute Gasteiger partial charge is 0.465 e. The van der Waals surface area contributed by atoms with Crippen molar-refractivity contribution >= 4 is 34.8 Å². The van der Waals surface area contributed by atoms with Crippen LogP contribution in [0.5, 0.6) is 0 Å². The quantitative estimate of drug-likeness (QED) is 0.305. The van der Waals surface area contributed by atoms with E-state index in [2.05, 4.69) is 12.2 Å². The van der Waals surface area contributed by atoms with Crippen LogP contribution in [0.1, 0.15) is 71.1 Å². The molecule has 0 spiro atoms. The van der Waals surface area contributed by atoms with Crippen molar-refractivity contribution in [3.63, 3.8) is 0 Å². The number of benzene rings is 3. The zero-order valence-electron chi connectivity index (χ0n) is 23.2. The molecular formula is C31H39N3O5. The monoisotopic (exact) mass is 533 g/mol. The summed E-state index contributed by atoms with van der Waals surface area (Å²) in [4.78, 5) is 42.0. The van der Waals surface area contributed by atoms with Crippen LogP contribution in [0.2, 0.25) is 0 Å². The second-order valence-corrected chi connectivity index (χ2v) is 9.00. The van der Waals surface area contributed by atoms with Gasteiger partial charge in [-0.1, -0.05) is 20.8 Å². The van der Waals surface area contributed by atoms with Crippen molar-refractivity contribution in [2.75, 3.05) is 41.9 Å². The average molecular weight is 534 g/mol. The molecule has 8 nitrogen and oxygen atoms in total. The fourth-order valence-corrected chi connectivity index (χ4v) is 4.13. The first kappa shape index (κ1) is 31.1. The first-order chi connectivity index (χ1) is 18.4. The smallest absolute Gasteiger partial charge is 0.337 e. The molecule has 0 aliphatic carbocycles. The fraction of sp³-hybridized carbons (Fsp3) is 0.323. The van der Waals surface area contributed by atoms with E-state index in [0.29, 0.717) is 35.5 Å². The van der Waals surface area contributed by atoms with Gasteiger partial charge < -0.3 is 25.3 Å². The Morgan fingerprint density at radius 2 is 1.05 bits per heavy atom. The van der Waals surface area contributed by atoms with Gasteiger partial charge in [0.25, 0.3) is 11.8 Å². The molecule has 3 N–H and O–H groups in total. The summed E-state index contributed by atoms with van der Waals surface area (Å²) in [5.74, 6) is -0.644. The van der Waals surface area contributed by atoms with Gasteiger partial charge >= 0.3 is 5.97 Å². The summed E-state index contributed by atoms with van der Waals surface area (Å²) >= 11 is 0. The number of carbonyl (C=O) groups is 3. The molecule has 0 saturated heterocycles. The Hall–Kier alpha value is -4.17. The summed E-state index contributed by atoms with van der Waals surface area (Å²) < 4.78 is 4.76. The Kier molecular flexibility index (Phi) is 12.2. The first-order valence-corrected chi connectivity index (χ1v) is 13.2. The fourth-order valence-electron chi connectivity index (χ4n) is 4.13. The SMILES string of the molecule is CCCNc1ccc(C(=O)N(CCC)c2ccc(C(=O)N(CCC)c3ccc(C(=O)OC)cc3)cc2)cc1.O. The van der Waals surface area contributed by atoms with E-state index in [0.717, 1.165) is 37.2 Å². The van der Waals surface area contributed by atoms with E-state index in [-0.39, 0.29) is 17.3 Å². The predicted molar refractivity (Wildman–Crippen MR) is 157 cm³/mol. The number of amides is 2. The molecule has 3 rings (SSSR count). The lowest BCUT2D eigenvalue weighted by Crippen LogP contribution is -2.33. The highest BCUT2D eigenvalue weighted by Crippen LogP contribution is 2.23. The number of esters is 1. The molecule has 208 valence electrons. The predicted octanol–water partition coefficient (Wildman–Crippen LogP) is 5.58. The maximum Gasteiger partial charge on any atom is 0.337 e. The molecule has 8 heteroatoms. The van der Waals surface area contributed by atoms with Crippen molar-refractivity contribution in [1.82, 2.24) is 0 Å². The first-order valence-electron chi connectivity index (χ1n) is 13.2. The van der Waals surface area contributed by atoms with Gasteiger partial charge in [-0.2, -0.15) is 0 Å². The van der Waals surface area contributed by atoms with Crippen molar-refractivity contribution in [3.05, 3.63) is 89.5 Å². The molecule has 3 aromatic rings. The van der Waals surface area contributed by atoms with Crippen LogP contribution in [0.3, 0.4) is 0 Å². The van der Waals surface area contributed by atoms with Crippen molar-refractivity contribution < 1.29 is 24.6 Å². The van der Waals surface area contributed by atoms with Gasteiger partial charge in [-0.3, -0.25) is 9.59 Å². The molecule has 3 aromatic carbocycles. The maximum atomic E-state index is 13.4. The summed E-state index contributed by atoms with van der Waals surface area (Å²) in [6.07, 6.45) is 2.60. The van der Waals surface area contributed by atoms with E-state index in [4.69, 9.17) is 4.74 Å². The molecule has 0 saturated carbocycles. The van der Waals surface area contributed by atoms with Gasteiger partial charge in [0.05, 0.1) is 12.7 Å². The number of nitrogens with one attached hydrogen (secondary N) is 1. The van der Waals surface area contributed by atoms with Gasteiger partial charge in [-0.15, -0.1) is 0 Å². The molecule has 2 amide bonds. The topological polar surface area (TPSA) is 110 Å². The number of hydrogen-bond donors (Lipinski definition) is 1. The summed E-state index contributed by atoms with van der Waals surface area (Å²) in [7, 11) is 1.34. The van der Waals surface area contributed by atoms with Crippen LogP contribution in [-0.2, 0) is 4.74 Å². The number of methoxy groups -OCH3 is 1. The Morgan fingerprint density at radius 3 is 1.44 bits per heavy atom. The molecule has 0 unspecified atom stereocenters. The highest BCUT2D eigenvalue weighted by molar-refractivity contribution is 6.08. The molecule has 0 aliphatic heterocycles. The zero-order valence-corrected chi connectivity index (χ0v) is 23.2. The number of carbonyl (C=O) groups excluding carboxylic acids is 3. The van der Waals surface area contributed by atoms with Gasteiger partial charge in [0, 0.05) is 47.8 Å². The van der Waals surface area contributed by atoms with Gasteiger partial charge in [0.1, 0.15) is 0 Å². The Morgan fingerprint density at radius 1 is 0.641 bits per heavy atom. The lowest BCUT2D eigenvalue weighted by molar-refractivity contribution is 0.0600. The van der Waals surface area contributed by atoms with Gasteiger partial charge in [0.2, 0.25) is 0 Å². The van der Waals surface area contributed by atoms with Crippen LogP contribution >= 0.6 is 0 Å². The maximum absolute atomic E-state index is 13.4. The minimum Gasteiger partial charge on any atom is -0.465 e. The van der Waals surface area contributed by atoms with E-state index < -0.39 is 5.97 Å². The van der Waals surface area contributed by atoms with Crippen molar-refractivity contribution in [2.24, 2.45) is 0 Å². The Bertz CT molecular complexity index is 1210. The zero-order chi connectivity index (χ0) is 27.5. The van der Waals surface area contributed by atoms with Crippen LogP contribution < -0.4 is 15.1 Å². The van der Waals surface area contributed by atoms with Crippen LogP contribution in [-0.4, -0.2) is 50.0 Å². The average Bonchev–Trinajstić information content (AvgIpc) is 2.97. The minimum absolute atomic E-state index is 0. The van der Waals surface area contributed by atoms with E-state index in [9.17, 15) is 14.4 Å². The lowest BCUT2D eigenvalue weighted by Gasteiger charge is -2.24. The summed E-state index contributed by atoms with van der Waals surface area (Å²) in [5, 5.41) is 3.32. The second-order valence-electron chi connectivity index (χ2n) is 9.00. The van der Waals surface area contributed by atoms with Crippen LogP contribution in [0.15, 0.2) is 72.8 Å². The molecular weight excluding hydrogens is 494 g/mol. The van der Waals surface area contributed by atoms with Crippen molar-refractivity contribution in [3.8, 4) is 0 Å². The van der Waals surface area contributed by atoms with Gasteiger partial charge in [-0.05, 0) is 92.1 Å². The number of rotatable bonds is 12. The third kappa shape index (κ3) is 7.91. The van der Waals surface area contributed by atoms with E-state index in [1.165, 1.54) is 7.11 Å². The third-order valence-electron chi connectivity index (χ3n) is 6.12. The summed E-state index contributed by atoms with van der Waals surface area (Å²) in [5.41, 5.74) is 4.00. The molecule has 0 fully saturated rings. The van der Waals surface area contributed by atoms with Gasteiger partial charge in [0.15, 0.2) is 0 Å². The molecule has 0 aromatic heterocycles. The van der Waals surface area contributed by atoms with Crippen molar-refractivity contribution in [1.29, 1.82) is 0 Å². The van der Waals surface area contributed by atoms with E-state index in [1.807, 2.05) is 50.2 Å². The standard InChI is InChI=1S/C31H37N3O4.H2O/c1-5-20-32-26-14-8-23(9-15-26)29(35)33(21-6-2)27-16-10-24(11-17-27)30(36)34(22-7-3)28-18-12-25(13-19-28)31(37)38-4;/h8-19,32H,5-7,20-22H2,1-4H3;1H2. The lowest BCUT2D eigenvalue weighted by atomic mass is 10.1. The molecule has 39 heavy (non-hydrogen) atoms. The van der Waals surface area contributed by atoms with Crippen molar-refractivity contribution in [2.45, 2.75) is 40.0 Å². The Labute approximate surface area is 230 Å². The number of anilines is 3. The highest BCUT2D eigenvalue weighted by Gasteiger charge is 2.20. The van der Waals surface area contributed by atoms with E-state index in [1.54, 1.807) is 46.2 Å². The molecule has 0 heterocycles. The third-order valence-corrected chi connectivity index (χ3v) is 6.12. The molecule has 0 bridgehead atoms. The number of hydrogen-bond acceptors (Lipinski definition) is 5. The normalized spacial score (nSPS) is 10.3. The van der Waals surface area contributed by atoms with E-state index >= 15 is 0 Å². The number of ether oxygens (including phenoxy) is 1. The second kappa shape index (κ2) is 15.3. The molecule has 0 radical (unpaired) electrons. The van der Waals surface area contributed by atoms with Crippen LogP contribution in [0, 0.1) is 0 Å². The Balaban J connectivity index is 0.00000533. The van der Waals surface area contributed by atoms with Crippen LogP contribution in [0.25, 0.3) is 0 Å². The number of nitrogens with zero attached hydrogens (tertiary/aromatic N) is 2. The summed E-state index contributed by atoms with van der Waals surface area (Å²) in [6, 6.07) is 21.5.